The van der Waals surface area contributed by atoms with Crippen molar-refractivity contribution in [3.63, 3.8) is 0 Å². The third-order valence-electron chi connectivity index (χ3n) is 9.01. The van der Waals surface area contributed by atoms with Gasteiger partial charge in [-0.05, 0) is 103 Å². The van der Waals surface area contributed by atoms with E-state index >= 15 is 0 Å². The molecule has 1 aliphatic carbocycles. The van der Waals surface area contributed by atoms with Crippen LogP contribution in [-0.4, -0.2) is 42.7 Å². The van der Waals surface area contributed by atoms with Gasteiger partial charge in [-0.25, -0.2) is 0 Å². The summed E-state index contributed by atoms with van der Waals surface area (Å²) in [5.74, 6) is 0.558. The number of allylic oxidation sites excluding steroid dienone is 2. The fraction of sp³-hybridized carbons (Fsp3) is 0.342. The maximum absolute atomic E-state index is 12.2. The summed E-state index contributed by atoms with van der Waals surface area (Å²) in [5.41, 5.74) is 9.01. The molecular formula is C38H45N4O3+. The average molecular weight is 606 g/mol. The first kappa shape index (κ1) is 32.1. The van der Waals surface area contributed by atoms with Crippen LogP contribution in [0.2, 0.25) is 0 Å². The van der Waals surface area contributed by atoms with Gasteiger partial charge in [-0.2, -0.15) is 0 Å². The molecule has 2 bridgehead atoms. The molecule has 1 fully saturated rings. The SMILES string of the molecule is CC(C)C(=O)Nc1cccc(C2CCN(CCCC3=C(c4ccc([NH+]=O)cc4)NC4=c5ccccc5=CC=C3C4)CC2)c1.CO. The minimum atomic E-state index is -0.0294. The highest BCUT2D eigenvalue weighted by Crippen LogP contribution is 2.36. The van der Waals surface area contributed by atoms with Crippen LogP contribution in [0.15, 0.2) is 90.0 Å². The van der Waals surface area contributed by atoms with Crippen molar-refractivity contribution < 1.29 is 15.1 Å². The second-order valence-electron chi connectivity index (χ2n) is 12.2. The number of likely N-dealkylation sites (tertiary alicyclic amines) is 1. The minimum absolute atomic E-state index is 0.0294. The van der Waals surface area contributed by atoms with Crippen LogP contribution < -0.4 is 26.2 Å². The van der Waals surface area contributed by atoms with E-state index in [-0.39, 0.29) is 11.8 Å². The number of aliphatic hydroxyl groups excluding tert-OH is 1. The molecule has 0 atom stereocenters. The van der Waals surface area contributed by atoms with Gasteiger partial charge in [0.05, 0.1) is 0 Å². The van der Waals surface area contributed by atoms with Crippen LogP contribution in [0.3, 0.4) is 0 Å². The van der Waals surface area contributed by atoms with Crippen molar-refractivity contribution in [3.05, 3.63) is 116 Å². The Bertz CT molecular complexity index is 1700. The van der Waals surface area contributed by atoms with Crippen LogP contribution in [-0.2, 0) is 4.79 Å². The number of nitrogens with one attached hydrogen (secondary N) is 3. The van der Waals surface area contributed by atoms with Crippen LogP contribution in [0.1, 0.15) is 63.0 Å². The van der Waals surface area contributed by atoms with Gasteiger partial charge in [-0.3, -0.25) is 4.79 Å². The molecule has 1 saturated heterocycles. The molecule has 0 saturated carbocycles. The molecule has 0 spiro atoms. The zero-order chi connectivity index (χ0) is 31.8. The number of hydrogen-bond acceptors (Lipinski definition) is 5. The largest absolute Gasteiger partial charge is 0.400 e. The molecule has 3 aromatic carbocycles. The van der Waals surface area contributed by atoms with E-state index in [0.717, 1.165) is 75.8 Å². The summed E-state index contributed by atoms with van der Waals surface area (Å²) in [6.45, 7) is 7.09. The first-order valence-corrected chi connectivity index (χ1v) is 16.0. The van der Waals surface area contributed by atoms with Gasteiger partial charge >= 0.3 is 0 Å². The standard InChI is InChI=1S/C37H40N4O2.CH4O/c1-25(2)37(42)38-32-9-5-8-29(23-32)26-18-21-41(22-19-26)20-6-11-34-30-13-12-27-7-3-4-10-33(27)35(24-30)39-36(34)28-14-16-31(40-43)17-15-28;1-2/h3-5,7-10,12-17,23,25-26,39H,6,11,18-22,24H2,1-2H3,(H,38,42);2H,1H3/p+1. The van der Waals surface area contributed by atoms with Crippen molar-refractivity contribution in [1.82, 2.24) is 10.2 Å². The molecule has 4 N–H and O–H groups in total. The Morgan fingerprint density at radius 1 is 1.00 bits per heavy atom. The van der Waals surface area contributed by atoms with Crippen molar-refractivity contribution in [3.8, 4) is 0 Å². The third-order valence-corrected chi connectivity index (χ3v) is 9.01. The predicted molar refractivity (Wildman–Crippen MR) is 182 cm³/mol. The number of benzene rings is 3. The van der Waals surface area contributed by atoms with Gasteiger partial charge < -0.3 is 20.6 Å². The summed E-state index contributed by atoms with van der Waals surface area (Å²) < 4.78 is 0. The Hall–Kier alpha value is -4.33. The van der Waals surface area contributed by atoms with E-state index in [1.54, 1.807) is 0 Å². The number of anilines is 1. The van der Waals surface area contributed by atoms with Crippen LogP contribution in [0, 0.1) is 10.8 Å². The van der Waals surface area contributed by atoms with Crippen LogP contribution in [0.5, 0.6) is 0 Å². The summed E-state index contributed by atoms with van der Waals surface area (Å²) in [6, 6.07) is 24.7. The van der Waals surface area contributed by atoms with E-state index < -0.39 is 0 Å². The van der Waals surface area contributed by atoms with Gasteiger partial charge in [0, 0.05) is 64.0 Å². The van der Waals surface area contributed by atoms with E-state index in [1.807, 2.05) is 49.4 Å². The number of nitroso groups, excluding NO2 is 1. The molecule has 3 aliphatic rings. The second kappa shape index (κ2) is 15.1. The number of rotatable bonds is 9. The number of amides is 1. The molecule has 2 aliphatic heterocycles. The maximum Gasteiger partial charge on any atom is 0.253 e. The molecule has 1 amide bonds. The molecule has 6 rings (SSSR count). The number of hydrogen-bond donors (Lipinski definition) is 4. The maximum atomic E-state index is 12.2. The Labute approximate surface area is 266 Å². The molecule has 0 unspecified atom stereocenters. The monoisotopic (exact) mass is 605 g/mol. The number of carbonyl (C=O) groups excluding carboxylic acids is 1. The summed E-state index contributed by atoms with van der Waals surface area (Å²) in [7, 11) is 1.00. The Morgan fingerprint density at radius 2 is 1.76 bits per heavy atom. The highest BCUT2D eigenvalue weighted by Gasteiger charge is 2.25. The average Bonchev–Trinajstić information content (AvgIpc) is 3.23. The zero-order valence-corrected chi connectivity index (χ0v) is 26.6. The lowest BCUT2D eigenvalue weighted by atomic mass is 9.88. The summed E-state index contributed by atoms with van der Waals surface area (Å²) in [5, 5.41) is 18.4. The van der Waals surface area contributed by atoms with Crippen molar-refractivity contribution in [2.24, 2.45) is 5.92 Å². The topological polar surface area (TPSA) is 95.6 Å². The number of fused-ring (bicyclic) bond motifs is 3. The van der Waals surface area contributed by atoms with Gasteiger partial charge in [0.2, 0.25) is 5.91 Å². The second-order valence-corrected chi connectivity index (χ2v) is 12.2. The number of carbonyl (C=O) groups is 1. The molecule has 45 heavy (non-hydrogen) atoms. The van der Waals surface area contributed by atoms with Crippen molar-refractivity contribution in [2.45, 2.75) is 51.9 Å². The van der Waals surface area contributed by atoms with E-state index in [9.17, 15) is 9.70 Å². The van der Waals surface area contributed by atoms with Crippen LogP contribution in [0.25, 0.3) is 17.5 Å². The number of nitrogens with zero attached hydrogens (tertiary/aromatic N) is 1. The number of piperidine rings is 1. The normalized spacial score (nSPS) is 16.4. The van der Waals surface area contributed by atoms with Gasteiger partial charge in [-0.15, -0.1) is 0 Å². The molecule has 7 heteroatoms. The van der Waals surface area contributed by atoms with Crippen molar-refractivity contribution in [1.29, 1.82) is 0 Å². The van der Waals surface area contributed by atoms with Gasteiger partial charge in [0.1, 0.15) is 0 Å². The predicted octanol–water partition coefficient (Wildman–Crippen LogP) is 4.26. The van der Waals surface area contributed by atoms with Crippen molar-refractivity contribution >= 4 is 34.8 Å². The quantitative estimate of drug-likeness (QED) is 0.293. The Morgan fingerprint density at radius 3 is 2.49 bits per heavy atom. The summed E-state index contributed by atoms with van der Waals surface area (Å²) in [6.07, 6.45) is 9.79. The van der Waals surface area contributed by atoms with Gasteiger partial charge in [-0.1, -0.05) is 62.4 Å². The highest BCUT2D eigenvalue weighted by molar-refractivity contribution is 5.92. The molecule has 7 nitrogen and oxygen atoms in total. The molecule has 0 radical (unpaired) electrons. The van der Waals surface area contributed by atoms with E-state index in [0.29, 0.717) is 11.6 Å². The fourth-order valence-electron chi connectivity index (χ4n) is 6.52. The van der Waals surface area contributed by atoms with E-state index in [1.165, 1.54) is 32.8 Å². The smallest absolute Gasteiger partial charge is 0.253 e. The molecule has 0 aromatic heterocycles. The lowest BCUT2D eigenvalue weighted by molar-refractivity contribution is -0.379. The van der Waals surface area contributed by atoms with E-state index in [2.05, 4.69) is 70.2 Å². The van der Waals surface area contributed by atoms with E-state index in [4.69, 9.17) is 5.11 Å². The lowest BCUT2D eigenvalue weighted by Crippen LogP contribution is -2.55. The van der Waals surface area contributed by atoms with Gasteiger partial charge in [0.15, 0.2) is 0 Å². The van der Waals surface area contributed by atoms with Crippen LogP contribution in [0.4, 0.5) is 11.4 Å². The minimum Gasteiger partial charge on any atom is -0.400 e. The highest BCUT2D eigenvalue weighted by atomic mass is 16.3. The fourth-order valence-corrected chi connectivity index (χ4v) is 6.52. The molecule has 2 heterocycles. The lowest BCUT2D eigenvalue weighted by Gasteiger charge is -2.33. The molecule has 3 aromatic rings. The summed E-state index contributed by atoms with van der Waals surface area (Å²) >= 11 is 0. The first-order valence-electron chi connectivity index (χ1n) is 16.0. The Kier molecular flexibility index (Phi) is 10.8. The number of aliphatic hydroxyl groups is 1. The first-order chi connectivity index (χ1) is 22.0. The third kappa shape index (κ3) is 7.67. The van der Waals surface area contributed by atoms with Gasteiger partial charge in [0.25, 0.3) is 5.69 Å². The van der Waals surface area contributed by atoms with Crippen LogP contribution >= 0.6 is 0 Å². The van der Waals surface area contributed by atoms with Crippen molar-refractivity contribution in [2.75, 3.05) is 32.1 Å². The Balaban J connectivity index is 0.00000196. The molecule has 234 valence electrons. The molecular weight excluding hydrogens is 560 g/mol. The zero-order valence-electron chi connectivity index (χ0n) is 26.6. The summed E-state index contributed by atoms with van der Waals surface area (Å²) in [4.78, 5) is 26.0.